The van der Waals surface area contributed by atoms with Crippen LogP contribution in [0.1, 0.15) is 12.8 Å². The van der Waals surface area contributed by atoms with Gasteiger partial charge in [0.25, 0.3) is 0 Å². The average molecular weight is 375 g/mol. The minimum atomic E-state index is 0.483. The Balaban J connectivity index is 1.62. The number of benzene rings is 2. The number of rotatable bonds is 5. The first-order valence-corrected chi connectivity index (χ1v) is 9.63. The summed E-state index contributed by atoms with van der Waals surface area (Å²) in [7, 11) is 0. The topological polar surface area (TPSA) is 90.3 Å². The van der Waals surface area contributed by atoms with E-state index in [9.17, 15) is 0 Å². The van der Waals surface area contributed by atoms with Crippen molar-refractivity contribution in [3.8, 4) is 22.6 Å². The van der Waals surface area contributed by atoms with Crippen LogP contribution in [0.2, 0.25) is 0 Å². The summed E-state index contributed by atoms with van der Waals surface area (Å²) in [5.41, 5.74) is 14.0. The van der Waals surface area contributed by atoms with E-state index in [2.05, 4.69) is 14.9 Å². The lowest BCUT2D eigenvalue weighted by molar-refractivity contribution is 0.422. The molecule has 6 nitrogen and oxygen atoms in total. The molecule has 2 heterocycles. The van der Waals surface area contributed by atoms with Gasteiger partial charge in [0.2, 0.25) is 0 Å². The van der Waals surface area contributed by atoms with E-state index in [1.54, 1.807) is 0 Å². The monoisotopic (exact) mass is 375 g/mol. The van der Waals surface area contributed by atoms with Crippen LogP contribution in [0.25, 0.3) is 11.1 Å². The summed E-state index contributed by atoms with van der Waals surface area (Å²) in [4.78, 5) is 11.1. The molecule has 3 aromatic rings. The maximum Gasteiger partial charge on any atom is 0.142 e. The number of nitrogens with zero attached hydrogens (tertiary/aromatic N) is 3. The van der Waals surface area contributed by atoms with Gasteiger partial charge in [-0.25, -0.2) is 9.97 Å². The molecule has 1 atom stereocenters. The summed E-state index contributed by atoms with van der Waals surface area (Å²) in [5, 5.41) is 0. The van der Waals surface area contributed by atoms with Gasteiger partial charge in [0.1, 0.15) is 29.5 Å². The van der Waals surface area contributed by atoms with E-state index >= 15 is 0 Å². The van der Waals surface area contributed by atoms with Crippen molar-refractivity contribution in [2.24, 2.45) is 11.7 Å². The zero-order valence-corrected chi connectivity index (χ0v) is 15.8. The highest BCUT2D eigenvalue weighted by molar-refractivity contribution is 5.84. The number of aromatic nitrogens is 2. The number of piperidine rings is 1. The average Bonchev–Trinajstić information content (AvgIpc) is 2.75. The van der Waals surface area contributed by atoms with Gasteiger partial charge in [0.15, 0.2) is 0 Å². The smallest absolute Gasteiger partial charge is 0.142 e. The fraction of sp³-hybridized carbons (Fsp3) is 0.273. The number of hydrogen-bond acceptors (Lipinski definition) is 6. The SMILES string of the molecule is NCC1CCCN(c2ncnc(N)c2-c2ccc(Oc3ccccc3)cc2)C1. The van der Waals surface area contributed by atoms with Gasteiger partial charge in [0, 0.05) is 13.1 Å². The normalized spacial score (nSPS) is 16.8. The van der Waals surface area contributed by atoms with Gasteiger partial charge in [-0.15, -0.1) is 0 Å². The van der Waals surface area contributed by atoms with E-state index in [0.717, 1.165) is 54.4 Å². The van der Waals surface area contributed by atoms with Crippen LogP contribution in [0.4, 0.5) is 11.6 Å². The molecule has 144 valence electrons. The van der Waals surface area contributed by atoms with E-state index in [1.807, 2.05) is 54.6 Å². The molecule has 1 saturated heterocycles. The molecule has 0 spiro atoms. The summed E-state index contributed by atoms with van der Waals surface area (Å²) in [5.74, 6) is 3.42. The van der Waals surface area contributed by atoms with Crippen molar-refractivity contribution in [1.29, 1.82) is 0 Å². The fourth-order valence-electron chi connectivity index (χ4n) is 3.67. The molecule has 4 N–H and O–H groups in total. The standard InChI is InChI=1S/C22H25N5O/c23-13-16-5-4-12-27(14-16)22-20(21(24)25-15-26-22)17-8-10-19(11-9-17)28-18-6-2-1-3-7-18/h1-3,6-11,15-16H,4-5,12-14,23H2,(H2,24,25,26). The number of nitrogens with two attached hydrogens (primary N) is 2. The first-order chi connectivity index (χ1) is 13.7. The predicted octanol–water partition coefficient (Wildman–Crippen LogP) is 3.69. The van der Waals surface area contributed by atoms with Crippen molar-refractivity contribution >= 4 is 11.6 Å². The van der Waals surface area contributed by atoms with Gasteiger partial charge in [0.05, 0.1) is 5.56 Å². The lowest BCUT2D eigenvalue weighted by atomic mass is 9.97. The van der Waals surface area contributed by atoms with Crippen LogP contribution in [0.15, 0.2) is 60.9 Å². The second-order valence-corrected chi connectivity index (χ2v) is 7.09. The molecule has 28 heavy (non-hydrogen) atoms. The molecule has 0 radical (unpaired) electrons. The second-order valence-electron chi connectivity index (χ2n) is 7.09. The van der Waals surface area contributed by atoms with Gasteiger partial charge < -0.3 is 21.1 Å². The van der Waals surface area contributed by atoms with E-state index < -0.39 is 0 Å². The third-order valence-corrected chi connectivity index (χ3v) is 5.13. The molecule has 0 saturated carbocycles. The first kappa shape index (κ1) is 18.3. The van der Waals surface area contributed by atoms with Gasteiger partial charge in [-0.3, -0.25) is 0 Å². The number of ether oxygens (including phenoxy) is 1. The molecule has 4 rings (SSSR count). The van der Waals surface area contributed by atoms with E-state index in [-0.39, 0.29) is 0 Å². The number of hydrogen-bond donors (Lipinski definition) is 2. The Hall–Kier alpha value is -3.12. The lowest BCUT2D eigenvalue weighted by Gasteiger charge is -2.34. The van der Waals surface area contributed by atoms with Crippen LogP contribution in [0.3, 0.4) is 0 Å². The van der Waals surface area contributed by atoms with E-state index in [1.165, 1.54) is 6.33 Å². The third kappa shape index (κ3) is 3.92. The summed E-state index contributed by atoms with van der Waals surface area (Å²) in [6, 6.07) is 17.6. The zero-order chi connectivity index (χ0) is 19.3. The van der Waals surface area contributed by atoms with Crippen molar-refractivity contribution in [3.63, 3.8) is 0 Å². The molecule has 0 bridgehead atoms. The van der Waals surface area contributed by atoms with Gasteiger partial charge >= 0.3 is 0 Å². The second kappa shape index (κ2) is 8.27. The quantitative estimate of drug-likeness (QED) is 0.707. The minimum Gasteiger partial charge on any atom is -0.457 e. The van der Waals surface area contributed by atoms with Gasteiger partial charge in [-0.2, -0.15) is 0 Å². The highest BCUT2D eigenvalue weighted by Crippen LogP contribution is 2.36. The van der Waals surface area contributed by atoms with Gasteiger partial charge in [-0.05, 0) is 55.1 Å². The zero-order valence-electron chi connectivity index (χ0n) is 15.8. The van der Waals surface area contributed by atoms with Crippen LogP contribution >= 0.6 is 0 Å². The minimum absolute atomic E-state index is 0.483. The largest absolute Gasteiger partial charge is 0.457 e. The Bertz CT molecular complexity index is 914. The fourth-order valence-corrected chi connectivity index (χ4v) is 3.67. The molecule has 1 aromatic heterocycles. The van der Waals surface area contributed by atoms with E-state index in [4.69, 9.17) is 16.2 Å². The highest BCUT2D eigenvalue weighted by atomic mass is 16.5. The van der Waals surface area contributed by atoms with Crippen molar-refractivity contribution in [1.82, 2.24) is 9.97 Å². The molecule has 1 unspecified atom stereocenters. The number of para-hydroxylation sites is 1. The Morgan fingerprint density at radius 3 is 2.50 bits per heavy atom. The Morgan fingerprint density at radius 1 is 1.00 bits per heavy atom. The van der Waals surface area contributed by atoms with Crippen LogP contribution in [0.5, 0.6) is 11.5 Å². The molecule has 0 aliphatic carbocycles. The summed E-state index contributed by atoms with van der Waals surface area (Å²) in [6.07, 6.45) is 3.80. The van der Waals surface area contributed by atoms with Crippen LogP contribution in [-0.2, 0) is 0 Å². The molecule has 2 aromatic carbocycles. The summed E-state index contributed by atoms with van der Waals surface area (Å²) >= 11 is 0. The number of anilines is 2. The molecular formula is C22H25N5O. The maximum absolute atomic E-state index is 6.26. The van der Waals surface area contributed by atoms with Gasteiger partial charge in [-0.1, -0.05) is 30.3 Å². The maximum atomic E-state index is 6.26. The van der Waals surface area contributed by atoms with Crippen LogP contribution in [-0.4, -0.2) is 29.6 Å². The lowest BCUT2D eigenvalue weighted by Crippen LogP contribution is -2.39. The molecule has 1 aliphatic rings. The Morgan fingerprint density at radius 2 is 1.75 bits per heavy atom. The van der Waals surface area contributed by atoms with Crippen molar-refractivity contribution in [2.45, 2.75) is 12.8 Å². The van der Waals surface area contributed by atoms with Crippen molar-refractivity contribution in [3.05, 3.63) is 60.9 Å². The third-order valence-electron chi connectivity index (χ3n) is 5.13. The van der Waals surface area contributed by atoms with Crippen molar-refractivity contribution in [2.75, 3.05) is 30.3 Å². The number of nitrogen functional groups attached to an aromatic ring is 1. The first-order valence-electron chi connectivity index (χ1n) is 9.63. The molecule has 6 heteroatoms. The molecule has 1 fully saturated rings. The Labute approximate surface area is 165 Å². The summed E-state index contributed by atoms with van der Waals surface area (Å²) in [6.45, 7) is 2.54. The van der Waals surface area contributed by atoms with E-state index in [0.29, 0.717) is 18.3 Å². The molecule has 1 aliphatic heterocycles. The van der Waals surface area contributed by atoms with Crippen LogP contribution in [0, 0.1) is 5.92 Å². The summed E-state index contributed by atoms with van der Waals surface area (Å²) < 4.78 is 5.89. The molecular weight excluding hydrogens is 350 g/mol. The van der Waals surface area contributed by atoms with Crippen LogP contribution < -0.4 is 21.1 Å². The van der Waals surface area contributed by atoms with Crippen molar-refractivity contribution < 1.29 is 4.74 Å². The predicted molar refractivity (Wildman–Crippen MR) is 112 cm³/mol. The highest BCUT2D eigenvalue weighted by Gasteiger charge is 2.23. The molecule has 0 amide bonds. The Kier molecular flexibility index (Phi) is 5.39.